The number of halogens is 1. The quantitative estimate of drug-likeness (QED) is 0.821. The van der Waals surface area contributed by atoms with Crippen molar-refractivity contribution in [2.24, 2.45) is 0 Å². The van der Waals surface area contributed by atoms with Gasteiger partial charge in [-0.25, -0.2) is 0 Å². The van der Waals surface area contributed by atoms with Crippen molar-refractivity contribution in [3.63, 3.8) is 0 Å². The average Bonchev–Trinajstić information content (AvgIpc) is 2.96. The minimum atomic E-state index is 0.182. The highest BCUT2D eigenvalue weighted by Crippen LogP contribution is 2.21. The molecule has 2 fully saturated rings. The van der Waals surface area contributed by atoms with Gasteiger partial charge in [0.05, 0.1) is 10.2 Å². The molecule has 19 heavy (non-hydrogen) atoms. The van der Waals surface area contributed by atoms with Crippen LogP contribution in [-0.2, 0) is 11.3 Å². The second kappa shape index (κ2) is 5.25. The molecule has 0 spiro atoms. The molecule has 0 N–H and O–H groups in total. The molecule has 1 unspecified atom stereocenters. The van der Waals surface area contributed by atoms with E-state index in [4.69, 9.17) is 0 Å². The highest BCUT2D eigenvalue weighted by atomic mass is 79.9. The van der Waals surface area contributed by atoms with E-state index in [-0.39, 0.29) is 5.91 Å². The predicted octanol–water partition coefficient (Wildman–Crippen LogP) is 1.26. The number of carbonyl (C=O) groups is 1. The van der Waals surface area contributed by atoms with E-state index in [1.165, 1.54) is 19.4 Å². The predicted molar refractivity (Wildman–Crippen MR) is 75.8 cm³/mol. The molecule has 1 amide bonds. The molecule has 1 atom stereocenters. The number of carbonyl (C=O) groups excluding carboxylic acids is 1. The third-order valence-electron chi connectivity index (χ3n) is 4.12. The molecule has 0 aromatic carbocycles. The summed E-state index contributed by atoms with van der Waals surface area (Å²) in [7, 11) is 0. The fourth-order valence-electron chi connectivity index (χ4n) is 3.03. The van der Waals surface area contributed by atoms with Crippen LogP contribution in [0.3, 0.4) is 0 Å². The maximum Gasteiger partial charge on any atom is 0.244 e. The Labute approximate surface area is 121 Å². The SMILES string of the molecule is Cc1nn(CC(=O)N2CCN3CCCC3C2)cc1Br. The summed E-state index contributed by atoms with van der Waals surface area (Å²) in [6.07, 6.45) is 4.38. The molecular weight excluding hydrogens is 308 g/mol. The summed E-state index contributed by atoms with van der Waals surface area (Å²) < 4.78 is 2.68. The molecule has 2 aliphatic heterocycles. The third kappa shape index (κ3) is 2.69. The largest absolute Gasteiger partial charge is 0.338 e. The van der Waals surface area contributed by atoms with E-state index >= 15 is 0 Å². The van der Waals surface area contributed by atoms with Gasteiger partial charge in [0.2, 0.25) is 5.91 Å². The van der Waals surface area contributed by atoms with Crippen LogP contribution < -0.4 is 0 Å². The van der Waals surface area contributed by atoms with Crippen molar-refractivity contribution in [2.75, 3.05) is 26.2 Å². The van der Waals surface area contributed by atoms with Crippen LogP contribution in [0.5, 0.6) is 0 Å². The van der Waals surface area contributed by atoms with Gasteiger partial charge < -0.3 is 4.90 Å². The second-order valence-electron chi connectivity index (χ2n) is 5.43. The van der Waals surface area contributed by atoms with Crippen LogP contribution in [0, 0.1) is 6.92 Å². The standard InChI is InChI=1S/C13H19BrN4O/c1-10-12(14)8-18(15-10)9-13(19)17-6-5-16-4-2-3-11(16)7-17/h8,11H,2-7,9H2,1H3. The minimum absolute atomic E-state index is 0.182. The van der Waals surface area contributed by atoms with Gasteiger partial charge in [-0.1, -0.05) is 0 Å². The van der Waals surface area contributed by atoms with Crippen molar-refractivity contribution >= 4 is 21.8 Å². The van der Waals surface area contributed by atoms with Crippen LogP contribution >= 0.6 is 15.9 Å². The molecule has 0 aliphatic carbocycles. The maximum atomic E-state index is 12.3. The molecule has 6 heteroatoms. The van der Waals surface area contributed by atoms with E-state index in [0.29, 0.717) is 12.6 Å². The number of aryl methyl sites for hydroxylation is 1. The van der Waals surface area contributed by atoms with E-state index in [9.17, 15) is 4.79 Å². The lowest BCUT2D eigenvalue weighted by Gasteiger charge is -2.37. The fraction of sp³-hybridized carbons (Fsp3) is 0.692. The van der Waals surface area contributed by atoms with Crippen molar-refractivity contribution < 1.29 is 4.79 Å². The normalized spacial score (nSPS) is 23.7. The van der Waals surface area contributed by atoms with Gasteiger partial charge in [-0.2, -0.15) is 5.10 Å². The highest BCUT2D eigenvalue weighted by Gasteiger charge is 2.32. The summed E-state index contributed by atoms with van der Waals surface area (Å²) in [6, 6.07) is 0.587. The van der Waals surface area contributed by atoms with Gasteiger partial charge in [0.15, 0.2) is 0 Å². The van der Waals surface area contributed by atoms with Gasteiger partial charge in [0.25, 0.3) is 0 Å². The van der Waals surface area contributed by atoms with Crippen molar-refractivity contribution in [3.05, 3.63) is 16.4 Å². The monoisotopic (exact) mass is 326 g/mol. The summed E-state index contributed by atoms with van der Waals surface area (Å²) in [4.78, 5) is 16.8. The molecule has 0 saturated carbocycles. The van der Waals surface area contributed by atoms with Gasteiger partial charge >= 0.3 is 0 Å². The van der Waals surface area contributed by atoms with Crippen molar-refractivity contribution in [1.82, 2.24) is 19.6 Å². The van der Waals surface area contributed by atoms with E-state index in [0.717, 1.165) is 29.8 Å². The molecule has 1 aromatic rings. The molecule has 104 valence electrons. The van der Waals surface area contributed by atoms with Crippen molar-refractivity contribution in [1.29, 1.82) is 0 Å². The van der Waals surface area contributed by atoms with E-state index < -0.39 is 0 Å². The Hall–Kier alpha value is -0.880. The highest BCUT2D eigenvalue weighted by molar-refractivity contribution is 9.10. The van der Waals surface area contributed by atoms with Crippen molar-refractivity contribution in [2.45, 2.75) is 32.4 Å². The minimum Gasteiger partial charge on any atom is -0.338 e. The Morgan fingerprint density at radius 1 is 1.47 bits per heavy atom. The molecular formula is C13H19BrN4O. The number of piperazine rings is 1. The Bertz CT molecular complexity index is 467. The van der Waals surface area contributed by atoms with Gasteiger partial charge in [-0.15, -0.1) is 0 Å². The summed E-state index contributed by atoms with van der Waals surface area (Å²) in [5.74, 6) is 0.182. The average molecular weight is 327 g/mol. The number of hydrogen-bond acceptors (Lipinski definition) is 3. The Morgan fingerprint density at radius 3 is 3.05 bits per heavy atom. The Kier molecular flexibility index (Phi) is 3.62. The topological polar surface area (TPSA) is 41.4 Å². The zero-order valence-electron chi connectivity index (χ0n) is 11.2. The molecule has 5 nitrogen and oxygen atoms in total. The summed E-state index contributed by atoms with van der Waals surface area (Å²) >= 11 is 3.42. The Balaban J connectivity index is 1.61. The first kappa shape index (κ1) is 13.1. The first-order chi connectivity index (χ1) is 9.13. The number of fused-ring (bicyclic) bond motifs is 1. The van der Waals surface area contributed by atoms with Gasteiger partial charge in [-0.05, 0) is 42.2 Å². The van der Waals surface area contributed by atoms with Crippen LogP contribution in [0.4, 0.5) is 0 Å². The third-order valence-corrected chi connectivity index (χ3v) is 4.90. The first-order valence-electron chi connectivity index (χ1n) is 6.85. The van der Waals surface area contributed by atoms with E-state index in [1.54, 1.807) is 4.68 Å². The van der Waals surface area contributed by atoms with Crippen LogP contribution in [0.15, 0.2) is 10.7 Å². The lowest BCUT2D eigenvalue weighted by atomic mass is 10.1. The zero-order valence-corrected chi connectivity index (χ0v) is 12.8. The Morgan fingerprint density at radius 2 is 2.32 bits per heavy atom. The number of hydrogen-bond donors (Lipinski definition) is 0. The fourth-order valence-corrected chi connectivity index (χ4v) is 3.35. The first-order valence-corrected chi connectivity index (χ1v) is 7.64. The molecule has 1 aromatic heterocycles. The van der Waals surface area contributed by atoms with Crippen molar-refractivity contribution in [3.8, 4) is 0 Å². The van der Waals surface area contributed by atoms with Crippen LogP contribution in [0.25, 0.3) is 0 Å². The smallest absolute Gasteiger partial charge is 0.244 e. The maximum absolute atomic E-state index is 12.3. The van der Waals surface area contributed by atoms with E-state index in [1.807, 2.05) is 18.0 Å². The molecule has 3 rings (SSSR count). The lowest BCUT2D eigenvalue weighted by molar-refractivity contribution is -0.134. The molecule has 3 heterocycles. The van der Waals surface area contributed by atoms with E-state index in [2.05, 4.69) is 25.9 Å². The van der Waals surface area contributed by atoms with Crippen LogP contribution in [0.1, 0.15) is 18.5 Å². The summed E-state index contributed by atoms with van der Waals surface area (Å²) in [5.41, 5.74) is 0.924. The van der Waals surface area contributed by atoms with Gasteiger partial charge in [-0.3, -0.25) is 14.4 Å². The molecule has 2 saturated heterocycles. The zero-order chi connectivity index (χ0) is 13.4. The second-order valence-corrected chi connectivity index (χ2v) is 6.29. The van der Waals surface area contributed by atoms with Gasteiger partial charge in [0.1, 0.15) is 6.54 Å². The lowest BCUT2D eigenvalue weighted by Crippen LogP contribution is -2.52. The molecule has 0 bridgehead atoms. The molecule has 0 radical (unpaired) electrons. The summed E-state index contributed by atoms with van der Waals surface area (Å²) in [5, 5.41) is 4.32. The number of nitrogens with zero attached hydrogens (tertiary/aromatic N) is 4. The summed E-state index contributed by atoms with van der Waals surface area (Å²) in [6.45, 7) is 6.26. The van der Waals surface area contributed by atoms with Crippen LogP contribution in [0.2, 0.25) is 0 Å². The molecule has 2 aliphatic rings. The number of rotatable bonds is 2. The van der Waals surface area contributed by atoms with Gasteiger partial charge in [0, 0.05) is 31.9 Å². The number of aromatic nitrogens is 2. The number of amides is 1. The van der Waals surface area contributed by atoms with Crippen LogP contribution in [-0.4, -0.2) is 57.7 Å².